The Hall–Kier alpha value is -3.36. The van der Waals surface area contributed by atoms with Crippen molar-refractivity contribution in [2.45, 2.75) is 32.4 Å². The van der Waals surface area contributed by atoms with Crippen LogP contribution < -0.4 is 5.32 Å². The van der Waals surface area contributed by atoms with Crippen LogP contribution in [0.5, 0.6) is 0 Å². The standard InChI is InChI=1S/C26H33N5O4S.C3H6/c1-17-23(28-18(2)24(17)26(33)31-12-10-30(4)11-13-31)16-21-20-15-19(7-8-22(20)29-25(21)32)36(34,35)14-6-5-9-27-3;1-3-2/h5-6,8,15-16,19,28,34-35H,7,9-14H2,1-2,4H3,(H,29,32);3H,1H2,2H3/b6-5+,21-16-;. The van der Waals surface area contributed by atoms with Crippen LogP contribution >= 0.6 is 10.6 Å². The molecular weight excluding hydrogens is 514 g/mol. The molecule has 1 unspecified atom stereocenters. The number of amides is 2. The van der Waals surface area contributed by atoms with Crippen LogP contribution in [0.25, 0.3) is 10.9 Å². The number of piperazine rings is 1. The van der Waals surface area contributed by atoms with Gasteiger partial charge in [-0.1, -0.05) is 24.3 Å². The summed E-state index contributed by atoms with van der Waals surface area (Å²) in [6, 6.07) is 0. The lowest BCUT2D eigenvalue weighted by Crippen LogP contribution is -2.47. The maximum Gasteiger partial charge on any atom is 0.256 e. The fourth-order valence-electron chi connectivity index (χ4n) is 4.77. The second kappa shape index (κ2) is 13.1. The molecule has 3 heterocycles. The molecule has 4 N–H and O–H groups in total. The third-order valence-corrected chi connectivity index (χ3v) is 8.92. The highest BCUT2D eigenvalue weighted by atomic mass is 32.3. The quantitative estimate of drug-likeness (QED) is 0.235. The zero-order chi connectivity index (χ0) is 28.7. The van der Waals surface area contributed by atoms with Crippen molar-refractivity contribution in [3.8, 4) is 0 Å². The van der Waals surface area contributed by atoms with E-state index in [-0.39, 0.29) is 24.1 Å². The van der Waals surface area contributed by atoms with Crippen molar-refractivity contribution in [3.05, 3.63) is 87.7 Å². The van der Waals surface area contributed by atoms with Crippen LogP contribution in [0.4, 0.5) is 0 Å². The molecule has 0 spiro atoms. The molecule has 39 heavy (non-hydrogen) atoms. The molecule has 4 rings (SSSR count). The summed E-state index contributed by atoms with van der Waals surface area (Å²) in [6.45, 7) is 19.1. The number of aromatic amines is 1. The summed E-state index contributed by atoms with van der Waals surface area (Å²) in [5.41, 5.74) is 4.60. The van der Waals surface area contributed by atoms with Crippen LogP contribution in [0.3, 0.4) is 0 Å². The summed E-state index contributed by atoms with van der Waals surface area (Å²) in [5, 5.41) is 2.33. The Morgan fingerprint density at radius 2 is 1.92 bits per heavy atom. The number of nitrogens with zero attached hydrogens (tertiary/aromatic N) is 3. The Labute approximate surface area is 232 Å². The van der Waals surface area contributed by atoms with Crippen LogP contribution in [0.1, 0.15) is 40.7 Å². The largest absolute Gasteiger partial charge is 0.358 e. The van der Waals surface area contributed by atoms with Crippen molar-refractivity contribution in [2.24, 2.45) is 0 Å². The number of carbonyl (C=O) groups excluding carboxylic acids is 2. The Balaban J connectivity index is 0.00000134. The minimum atomic E-state index is -2.99. The first-order chi connectivity index (χ1) is 18.5. The van der Waals surface area contributed by atoms with Crippen molar-refractivity contribution >= 4 is 28.5 Å². The zero-order valence-electron chi connectivity index (χ0n) is 23.2. The van der Waals surface area contributed by atoms with Gasteiger partial charge in [0.1, 0.15) is 0 Å². The Kier molecular flexibility index (Phi) is 10.2. The fraction of sp³-hybridized carbons (Fsp3) is 0.414. The molecule has 1 aromatic heterocycles. The van der Waals surface area contributed by atoms with Crippen molar-refractivity contribution < 1.29 is 18.7 Å². The number of rotatable bonds is 6. The number of fused-ring (bicyclic) bond motifs is 1. The SMILES string of the molecule is C=CC.[C-]#[N+]C/C=C/CS(O)(O)C1C=C2C(=CC1)NC(=O)/C2=C\c1[nH]c(C)c(C(=O)N2CCN(C)CC2)c1C. The van der Waals surface area contributed by atoms with Gasteiger partial charge in [0.05, 0.1) is 22.1 Å². The minimum Gasteiger partial charge on any atom is -0.358 e. The molecule has 0 saturated carbocycles. The Bertz CT molecular complexity index is 1270. The number of hydrogen-bond donors (Lipinski definition) is 4. The fourth-order valence-corrected chi connectivity index (χ4v) is 6.20. The lowest BCUT2D eigenvalue weighted by atomic mass is 9.98. The van der Waals surface area contributed by atoms with Crippen molar-refractivity contribution in [1.29, 1.82) is 0 Å². The summed E-state index contributed by atoms with van der Waals surface area (Å²) in [6.07, 6.45) is 10.7. The van der Waals surface area contributed by atoms with E-state index in [1.807, 2.05) is 38.8 Å². The molecule has 2 aliphatic heterocycles. The number of aromatic nitrogens is 1. The van der Waals surface area contributed by atoms with Gasteiger partial charge in [0.2, 0.25) is 6.54 Å². The zero-order valence-corrected chi connectivity index (χ0v) is 24.0. The molecule has 9 nitrogen and oxygen atoms in total. The highest BCUT2D eigenvalue weighted by molar-refractivity contribution is 8.25. The summed E-state index contributed by atoms with van der Waals surface area (Å²) < 4.78 is 21.5. The number of likely N-dealkylation sites (N-methyl/N-ethyl adjacent to an activating group) is 1. The molecule has 210 valence electrons. The van der Waals surface area contributed by atoms with Gasteiger partial charge < -0.3 is 24.9 Å². The predicted octanol–water partition coefficient (Wildman–Crippen LogP) is 4.53. The highest BCUT2D eigenvalue weighted by Crippen LogP contribution is 2.49. The first kappa shape index (κ1) is 30.2. The van der Waals surface area contributed by atoms with Gasteiger partial charge in [-0.2, -0.15) is 10.6 Å². The topological polar surface area (TPSA) is 113 Å². The van der Waals surface area contributed by atoms with E-state index in [2.05, 4.69) is 26.6 Å². The molecule has 2 fully saturated rings. The number of hydrogen-bond acceptors (Lipinski definition) is 5. The molecular formula is C29H39N5O4S. The van der Waals surface area contributed by atoms with E-state index in [0.29, 0.717) is 47.6 Å². The highest BCUT2D eigenvalue weighted by Gasteiger charge is 2.34. The van der Waals surface area contributed by atoms with Crippen LogP contribution in [0, 0.1) is 20.4 Å². The van der Waals surface area contributed by atoms with Gasteiger partial charge in [-0.15, -0.1) is 6.58 Å². The molecule has 2 saturated heterocycles. The van der Waals surface area contributed by atoms with Gasteiger partial charge in [0, 0.05) is 48.8 Å². The van der Waals surface area contributed by atoms with Gasteiger partial charge >= 0.3 is 0 Å². The van der Waals surface area contributed by atoms with E-state index < -0.39 is 15.8 Å². The molecule has 0 bridgehead atoms. The molecule has 10 heteroatoms. The van der Waals surface area contributed by atoms with Gasteiger partial charge in [0.25, 0.3) is 11.8 Å². The average molecular weight is 554 g/mol. The first-order valence-corrected chi connectivity index (χ1v) is 14.7. The maximum atomic E-state index is 13.3. The summed E-state index contributed by atoms with van der Waals surface area (Å²) in [7, 11) is -0.947. The monoisotopic (exact) mass is 553 g/mol. The minimum absolute atomic E-state index is 0.00683. The van der Waals surface area contributed by atoms with Crippen LogP contribution in [0.15, 0.2) is 53.8 Å². The average Bonchev–Trinajstić information content (AvgIpc) is 3.36. The number of aryl methyl sites for hydroxylation is 1. The van der Waals surface area contributed by atoms with Crippen LogP contribution in [0.2, 0.25) is 0 Å². The first-order valence-electron chi connectivity index (χ1n) is 13.0. The van der Waals surface area contributed by atoms with Crippen molar-refractivity contribution in [3.63, 3.8) is 0 Å². The Morgan fingerprint density at radius 1 is 1.26 bits per heavy atom. The number of nitrogens with one attached hydrogen (secondary N) is 2. The predicted molar refractivity (Wildman–Crippen MR) is 159 cm³/mol. The van der Waals surface area contributed by atoms with Crippen molar-refractivity contribution in [1.82, 2.24) is 20.1 Å². The summed E-state index contributed by atoms with van der Waals surface area (Å²) >= 11 is 0. The molecule has 0 aromatic carbocycles. The third kappa shape index (κ3) is 6.99. The van der Waals surface area contributed by atoms with Crippen molar-refractivity contribution in [2.75, 3.05) is 45.5 Å². The second-order valence-corrected chi connectivity index (χ2v) is 12.2. The lowest BCUT2D eigenvalue weighted by molar-refractivity contribution is -0.115. The lowest BCUT2D eigenvalue weighted by Gasteiger charge is -2.39. The smallest absolute Gasteiger partial charge is 0.256 e. The van der Waals surface area contributed by atoms with Crippen LogP contribution in [-0.4, -0.2) is 86.5 Å². The number of allylic oxidation sites excluding steroid dienone is 3. The normalized spacial score (nSPS) is 20.9. The van der Waals surface area contributed by atoms with E-state index in [9.17, 15) is 18.7 Å². The van der Waals surface area contributed by atoms with Gasteiger partial charge in [-0.05, 0) is 52.0 Å². The maximum absolute atomic E-state index is 13.3. The molecule has 1 aliphatic carbocycles. The number of carbonyl (C=O) groups is 2. The summed E-state index contributed by atoms with van der Waals surface area (Å²) in [5.74, 6) is -0.208. The van der Waals surface area contributed by atoms with Crippen LogP contribution in [-0.2, 0) is 4.79 Å². The molecule has 0 radical (unpaired) electrons. The third-order valence-electron chi connectivity index (χ3n) is 6.94. The van der Waals surface area contributed by atoms with Gasteiger partial charge in [-0.25, -0.2) is 6.57 Å². The summed E-state index contributed by atoms with van der Waals surface area (Å²) in [4.78, 5) is 36.7. The molecule has 2 amide bonds. The van der Waals surface area contributed by atoms with Gasteiger partial charge in [-0.3, -0.25) is 18.7 Å². The van der Waals surface area contributed by atoms with E-state index >= 15 is 0 Å². The molecule has 3 aliphatic rings. The van der Waals surface area contributed by atoms with E-state index in [0.717, 1.165) is 24.3 Å². The van der Waals surface area contributed by atoms with E-state index in [1.165, 1.54) is 0 Å². The Morgan fingerprint density at radius 3 is 2.56 bits per heavy atom. The second-order valence-electron chi connectivity index (χ2n) is 9.85. The molecule has 1 aromatic rings. The van der Waals surface area contributed by atoms with Gasteiger partial charge in [0.15, 0.2) is 0 Å². The number of H-pyrrole nitrogens is 1. The van der Waals surface area contributed by atoms with E-state index in [4.69, 9.17) is 6.57 Å². The molecule has 1 atom stereocenters. The van der Waals surface area contributed by atoms with E-state index in [1.54, 1.807) is 30.4 Å².